The second kappa shape index (κ2) is 7.32. The van der Waals surface area contributed by atoms with Crippen LogP contribution in [0.4, 0.5) is 0 Å². The van der Waals surface area contributed by atoms with Crippen LogP contribution in [0.5, 0.6) is 0 Å². The van der Waals surface area contributed by atoms with Gasteiger partial charge in [0.15, 0.2) is 0 Å². The fourth-order valence-electron chi connectivity index (χ4n) is 2.15. The first-order chi connectivity index (χ1) is 11.1. The third kappa shape index (κ3) is 4.24. The van der Waals surface area contributed by atoms with Crippen molar-refractivity contribution in [1.82, 2.24) is 10.2 Å². The van der Waals surface area contributed by atoms with Crippen LogP contribution < -0.4 is 0 Å². The second-order valence-corrected chi connectivity index (χ2v) is 7.41. The normalized spacial score (nSPS) is 11.1. The molecule has 3 nitrogen and oxygen atoms in total. The summed E-state index contributed by atoms with van der Waals surface area (Å²) in [7, 11) is 0. The van der Waals surface area contributed by atoms with E-state index < -0.39 is 0 Å². The number of nitrogens with zero attached hydrogens (tertiary/aromatic N) is 2. The molecule has 1 heterocycles. The molecule has 0 atom stereocenters. The molecule has 0 fully saturated rings. The third-order valence-corrected chi connectivity index (χ3v) is 4.87. The fraction of sp³-hybridized carbons (Fsp3) is 0.222. The average molecular weight is 389 g/mol. The van der Waals surface area contributed by atoms with E-state index in [4.69, 9.17) is 4.42 Å². The summed E-state index contributed by atoms with van der Waals surface area (Å²) in [6.45, 7) is 4.40. The summed E-state index contributed by atoms with van der Waals surface area (Å²) in [4.78, 5) is 0. The van der Waals surface area contributed by atoms with Gasteiger partial charge < -0.3 is 4.42 Å². The van der Waals surface area contributed by atoms with E-state index in [0.717, 1.165) is 15.8 Å². The van der Waals surface area contributed by atoms with E-state index in [-0.39, 0.29) is 0 Å². The molecule has 0 unspecified atom stereocenters. The van der Waals surface area contributed by atoms with Crippen molar-refractivity contribution in [3.05, 3.63) is 64.1 Å². The number of thioether (sulfide) groups is 1. The van der Waals surface area contributed by atoms with Crippen LogP contribution in [0.25, 0.3) is 11.5 Å². The molecule has 0 radical (unpaired) electrons. The van der Waals surface area contributed by atoms with Gasteiger partial charge in [-0.1, -0.05) is 71.9 Å². The lowest BCUT2D eigenvalue weighted by Gasteiger charge is -2.05. The zero-order valence-corrected chi connectivity index (χ0v) is 15.4. The van der Waals surface area contributed by atoms with E-state index in [2.05, 4.69) is 64.2 Å². The van der Waals surface area contributed by atoms with Crippen LogP contribution in [0.1, 0.15) is 30.9 Å². The maximum Gasteiger partial charge on any atom is 0.277 e. The van der Waals surface area contributed by atoms with Crippen molar-refractivity contribution in [1.29, 1.82) is 0 Å². The summed E-state index contributed by atoms with van der Waals surface area (Å²) >= 11 is 5.00. The Morgan fingerprint density at radius 3 is 2.57 bits per heavy atom. The van der Waals surface area contributed by atoms with Gasteiger partial charge in [0.05, 0.1) is 0 Å². The quantitative estimate of drug-likeness (QED) is 0.508. The van der Waals surface area contributed by atoms with E-state index in [1.165, 1.54) is 11.1 Å². The Kier molecular flexibility index (Phi) is 5.18. The lowest BCUT2D eigenvalue weighted by molar-refractivity contribution is 0.466. The molecule has 3 aromatic rings. The fourth-order valence-corrected chi connectivity index (χ4v) is 3.27. The highest BCUT2D eigenvalue weighted by atomic mass is 79.9. The van der Waals surface area contributed by atoms with Gasteiger partial charge in [0.1, 0.15) is 0 Å². The van der Waals surface area contributed by atoms with Gasteiger partial charge in [-0.2, -0.15) is 0 Å². The van der Waals surface area contributed by atoms with Gasteiger partial charge in [0.2, 0.25) is 5.89 Å². The summed E-state index contributed by atoms with van der Waals surface area (Å²) in [6, 6.07) is 16.5. The molecule has 0 aliphatic rings. The van der Waals surface area contributed by atoms with Crippen molar-refractivity contribution in [2.45, 2.75) is 30.7 Å². The molecule has 0 spiro atoms. The van der Waals surface area contributed by atoms with Gasteiger partial charge in [-0.05, 0) is 35.2 Å². The van der Waals surface area contributed by atoms with Crippen LogP contribution in [0.15, 0.2) is 62.6 Å². The van der Waals surface area contributed by atoms with Crippen LogP contribution in [0.3, 0.4) is 0 Å². The second-order valence-electron chi connectivity index (χ2n) is 5.57. The van der Waals surface area contributed by atoms with E-state index in [1.54, 1.807) is 11.8 Å². The summed E-state index contributed by atoms with van der Waals surface area (Å²) < 4.78 is 6.72. The predicted octanol–water partition coefficient (Wildman–Crippen LogP) is 5.91. The number of aromatic nitrogens is 2. The molecule has 0 aliphatic heterocycles. The maximum atomic E-state index is 5.73. The van der Waals surface area contributed by atoms with Crippen molar-refractivity contribution in [3.8, 4) is 11.5 Å². The van der Waals surface area contributed by atoms with Crippen LogP contribution in [-0.4, -0.2) is 10.2 Å². The van der Waals surface area contributed by atoms with Crippen molar-refractivity contribution < 1.29 is 4.42 Å². The highest BCUT2D eigenvalue weighted by molar-refractivity contribution is 9.10. The molecule has 0 saturated heterocycles. The van der Waals surface area contributed by atoms with E-state index in [1.807, 2.05) is 24.3 Å². The average Bonchev–Trinajstić information content (AvgIpc) is 3.02. The first-order valence-corrected chi connectivity index (χ1v) is 9.21. The maximum absolute atomic E-state index is 5.73. The molecule has 0 bridgehead atoms. The van der Waals surface area contributed by atoms with Gasteiger partial charge in [0, 0.05) is 15.8 Å². The molecule has 23 heavy (non-hydrogen) atoms. The first kappa shape index (κ1) is 16.3. The van der Waals surface area contributed by atoms with Crippen molar-refractivity contribution in [2.75, 3.05) is 0 Å². The number of rotatable bonds is 5. The van der Waals surface area contributed by atoms with Crippen molar-refractivity contribution in [2.24, 2.45) is 0 Å². The summed E-state index contributed by atoms with van der Waals surface area (Å²) in [5, 5.41) is 8.82. The Balaban J connectivity index is 1.65. The zero-order chi connectivity index (χ0) is 16.2. The lowest BCUT2D eigenvalue weighted by atomic mass is 10.0. The van der Waals surface area contributed by atoms with Crippen LogP contribution in [0, 0.1) is 0 Å². The number of benzene rings is 2. The highest BCUT2D eigenvalue weighted by Crippen LogP contribution is 2.27. The van der Waals surface area contributed by atoms with E-state index >= 15 is 0 Å². The van der Waals surface area contributed by atoms with Crippen LogP contribution in [-0.2, 0) is 5.75 Å². The molecular weight excluding hydrogens is 372 g/mol. The van der Waals surface area contributed by atoms with Gasteiger partial charge in [-0.25, -0.2) is 0 Å². The first-order valence-electron chi connectivity index (χ1n) is 7.43. The molecule has 0 aliphatic carbocycles. The molecule has 0 saturated carbocycles. The molecule has 0 amide bonds. The van der Waals surface area contributed by atoms with Gasteiger partial charge in [-0.3, -0.25) is 0 Å². The molecular formula is C18H17BrN2OS. The Bertz CT molecular complexity index is 784. The van der Waals surface area contributed by atoms with Gasteiger partial charge in [-0.15, -0.1) is 10.2 Å². The summed E-state index contributed by atoms with van der Waals surface area (Å²) in [6.07, 6.45) is 0. The standard InChI is InChI=1S/C18H17BrN2OS/c1-12(2)14-8-6-13(7-9-14)11-23-18-21-20-17(22-18)15-4-3-5-16(19)10-15/h3-10,12H,11H2,1-2H3. The minimum Gasteiger partial charge on any atom is -0.411 e. The van der Waals surface area contributed by atoms with Crippen LogP contribution >= 0.6 is 27.7 Å². The molecule has 118 valence electrons. The Morgan fingerprint density at radius 1 is 1.09 bits per heavy atom. The SMILES string of the molecule is CC(C)c1ccc(CSc2nnc(-c3cccc(Br)c3)o2)cc1. The third-order valence-electron chi connectivity index (χ3n) is 3.49. The minimum atomic E-state index is 0.545. The monoisotopic (exact) mass is 388 g/mol. The molecule has 2 aromatic carbocycles. The van der Waals surface area contributed by atoms with Crippen molar-refractivity contribution >= 4 is 27.7 Å². The minimum absolute atomic E-state index is 0.545. The van der Waals surface area contributed by atoms with Gasteiger partial charge in [0.25, 0.3) is 5.22 Å². The summed E-state index contributed by atoms with van der Waals surface area (Å²) in [5.41, 5.74) is 3.52. The number of halogens is 1. The molecule has 0 N–H and O–H groups in total. The molecule has 3 rings (SSSR count). The molecule has 1 aromatic heterocycles. The number of hydrogen-bond acceptors (Lipinski definition) is 4. The van der Waals surface area contributed by atoms with E-state index in [0.29, 0.717) is 17.0 Å². The van der Waals surface area contributed by atoms with Crippen molar-refractivity contribution in [3.63, 3.8) is 0 Å². The lowest BCUT2D eigenvalue weighted by Crippen LogP contribution is -1.88. The Labute approximate surface area is 148 Å². The zero-order valence-electron chi connectivity index (χ0n) is 13.0. The number of hydrogen-bond donors (Lipinski definition) is 0. The Hall–Kier alpha value is -1.59. The topological polar surface area (TPSA) is 38.9 Å². The Morgan fingerprint density at radius 2 is 1.87 bits per heavy atom. The van der Waals surface area contributed by atoms with Crippen LogP contribution in [0.2, 0.25) is 0 Å². The smallest absolute Gasteiger partial charge is 0.277 e. The highest BCUT2D eigenvalue weighted by Gasteiger charge is 2.09. The molecule has 5 heteroatoms. The summed E-state index contributed by atoms with van der Waals surface area (Å²) in [5.74, 6) is 1.92. The largest absolute Gasteiger partial charge is 0.411 e. The van der Waals surface area contributed by atoms with Gasteiger partial charge >= 0.3 is 0 Å². The predicted molar refractivity (Wildman–Crippen MR) is 97.5 cm³/mol. The van der Waals surface area contributed by atoms with E-state index in [9.17, 15) is 0 Å².